The van der Waals surface area contributed by atoms with Gasteiger partial charge in [-0.3, -0.25) is 9.13 Å². The predicted molar refractivity (Wildman–Crippen MR) is 88.5 cm³/mol. The van der Waals surface area contributed by atoms with Crippen molar-refractivity contribution < 1.29 is 0 Å². The van der Waals surface area contributed by atoms with Crippen molar-refractivity contribution in [1.29, 1.82) is 0 Å². The first kappa shape index (κ1) is 15.8. The van der Waals surface area contributed by atoms with Crippen LogP contribution in [0.25, 0.3) is 11.0 Å². The molecule has 0 aliphatic heterocycles. The van der Waals surface area contributed by atoms with Crippen LogP contribution in [0.5, 0.6) is 0 Å². The van der Waals surface area contributed by atoms with Crippen molar-refractivity contribution in [2.24, 2.45) is 19.8 Å². The standard InChI is InChI=1S/C17H27N3O/c1-4-5-6-7-8-9-14(18)13-10-11-15-16(12-13)20(3)17(21)19(15)2/h10-12,14H,4-9,18H2,1-3H3. The van der Waals surface area contributed by atoms with Gasteiger partial charge in [-0.1, -0.05) is 45.1 Å². The molecule has 21 heavy (non-hydrogen) atoms. The van der Waals surface area contributed by atoms with E-state index in [0.717, 1.165) is 23.0 Å². The number of rotatable bonds is 7. The molecule has 4 heteroatoms. The van der Waals surface area contributed by atoms with E-state index in [1.807, 2.05) is 13.1 Å². The molecule has 0 saturated heterocycles. The van der Waals surface area contributed by atoms with Crippen LogP contribution in [0.4, 0.5) is 0 Å². The molecule has 0 aliphatic rings. The molecule has 2 rings (SSSR count). The molecule has 2 aromatic rings. The second kappa shape index (κ2) is 6.94. The minimum atomic E-state index is 0.00953. The van der Waals surface area contributed by atoms with E-state index in [2.05, 4.69) is 19.1 Å². The molecule has 1 aromatic heterocycles. The molecule has 0 fully saturated rings. The van der Waals surface area contributed by atoms with E-state index in [9.17, 15) is 4.79 Å². The summed E-state index contributed by atoms with van der Waals surface area (Å²) >= 11 is 0. The summed E-state index contributed by atoms with van der Waals surface area (Å²) in [7, 11) is 3.61. The lowest BCUT2D eigenvalue weighted by Gasteiger charge is -2.12. The van der Waals surface area contributed by atoms with Crippen LogP contribution < -0.4 is 11.4 Å². The van der Waals surface area contributed by atoms with Crippen LogP contribution in [0.2, 0.25) is 0 Å². The van der Waals surface area contributed by atoms with Crippen molar-refractivity contribution >= 4 is 11.0 Å². The third-order valence-corrected chi connectivity index (χ3v) is 4.34. The lowest BCUT2D eigenvalue weighted by Crippen LogP contribution is -2.19. The Kier molecular flexibility index (Phi) is 5.23. The molecular formula is C17H27N3O. The van der Waals surface area contributed by atoms with Crippen LogP contribution in [0.1, 0.15) is 57.1 Å². The van der Waals surface area contributed by atoms with Gasteiger partial charge in [0.2, 0.25) is 0 Å². The van der Waals surface area contributed by atoms with Gasteiger partial charge in [-0.2, -0.15) is 0 Å². The summed E-state index contributed by atoms with van der Waals surface area (Å²) in [5.41, 5.74) is 9.35. The van der Waals surface area contributed by atoms with Crippen molar-refractivity contribution in [2.45, 2.75) is 51.5 Å². The maximum absolute atomic E-state index is 11.9. The van der Waals surface area contributed by atoms with Gasteiger partial charge >= 0.3 is 5.69 Å². The Morgan fingerprint density at radius 2 is 1.71 bits per heavy atom. The van der Waals surface area contributed by atoms with Crippen LogP contribution in [0.15, 0.2) is 23.0 Å². The largest absolute Gasteiger partial charge is 0.328 e. The molecule has 0 amide bonds. The fraction of sp³-hybridized carbons (Fsp3) is 0.588. The number of benzene rings is 1. The smallest absolute Gasteiger partial charge is 0.324 e. The van der Waals surface area contributed by atoms with Crippen molar-refractivity contribution in [1.82, 2.24) is 9.13 Å². The predicted octanol–water partition coefficient (Wildman–Crippen LogP) is 3.24. The minimum absolute atomic E-state index is 0.00953. The number of fused-ring (bicyclic) bond motifs is 1. The summed E-state index contributed by atoms with van der Waals surface area (Å²) < 4.78 is 3.36. The lowest BCUT2D eigenvalue weighted by atomic mass is 10.00. The maximum Gasteiger partial charge on any atom is 0.328 e. The zero-order valence-corrected chi connectivity index (χ0v) is 13.4. The fourth-order valence-electron chi connectivity index (χ4n) is 2.89. The molecule has 1 atom stereocenters. The highest BCUT2D eigenvalue weighted by Gasteiger charge is 2.11. The molecule has 116 valence electrons. The number of imidazole rings is 1. The topological polar surface area (TPSA) is 52.9 Å². The highest BCUT2D eigenvalue weighted by atomic mass is 16.1. The summed E-state index contributed by atoms with van der Waals surface area (Å²) in [6.45, 7) is 2.23. The highest BCUT2D eigenvalue weighted by molar-refractivity contribution is 5.77. The quantitative estimate of drug-likeness (QED) is 0.796. The van der Waals surface area contributed by atoms with Crippen LogP contribution in [-0.2, 0) is 14.1 Å². The molecule has 0 aliphatic carbocycles. The summed E-state index contributed by atoms with van der Waals surface area (Å²) in [6.07, 6.45) is 7.32. The number of hydrogen-bond donors (Lipinski definition) is 1. The van der Waals surface area contributed by atoms with Gasteiger partial charge in [0, 0.05) is 20.1 Å². The first-order valence-electron chi connectivity index (χ1n) is 7.97. The van der Waals surface area contributed by atoms with E-state index in [1.165, 1.54) is 32.1 Å². The summed E-state index contributed by atoms with van der Waals surface area (Å²) in [5.74, 6) is 0. The van der Waals surface area contributed by atoms with Gasteiger partial charge in [0.15, 0.2) is 0 Å². The Hall–Kier alpha value is -1.55. The van der Waals surface area contributed by atoms with E-state index in [4.69, 9.17) is 5.73 Å². The Balaban J connectivity index is 2.08. The highest BCUT2D eigenvalue weighted by Crippen LogP contribution is 2.22. The van der Waals surface area contributed by atoms with Crippen LogP contribution in [0.3, 0.4) is 0 Å². The number of aromatic nitrogens is 2. The van der Waals surface area contributed by atoms with Crippen LogP contribution in [0, 0.1) is 0 Å². The van der Waals surface area contributed by atoms with Crippen molar-refractivity contribution in [3.8, 4) is 0 Å². The van der Waals surface area contributed by atoms with E-state index in [1.54, 1.807) is 16.2 Å². The molecule has 2 N–H and O–H groups in total. The van der Waals surface area contributed by atoms with Crippen molar-refractivity contribution in [3.63, 3.8) is 0 Å². The third-order valence-electron chi connectivity index (χ3n) is 4.34. The van der Waals surface area contributed by atoms with E-state index in [0.29, 0.717) is 0 Å². The number of nitrogens with two attached hydrogens (primary N) is 1. The van der Waals surface area contributed by atoms with Gasteiger partial charge in [-0.05, 0) is 24.1 Å². The van der Waals surface area contributed by atoms with Crippen molar-refractivity contribution in [2.75, 3.05) is 0 Å². The Morgan fingerprint density at radius 1 is 1.05 bits per heavy atom. The molecule has 1 aromatic carbocycles. The van der Waals surface area contributed by atoms with Gasteiger partial charge in [0.25, 0.3) is 0 Å². The number of hydrogen-bond acceptors (Lipinski definition) is 2. The Labute approximate surface area is 126 Å². The van der Waals surface area contributed by atoms with Crippen LogP contribution >= 0.6 is 0 Å². The molecule has 1 unspecified atom stereocenters. The van der Waals surface area contributed by atoms with Crippen LogP contribution in [-0.4, -0.2) is 9.13 Å². The third kappa shape index (κ3) is 3.38. The first-order chi connectivity index (χ1) is 10.1. The van der Waals surface area contributed by atoms with Gasteiger partial charge in [0.05, 0.1) is 11.0 Å². The lowest BCUT2D eigenvalue weighted by molar-refractivity contribution is 0.555. The maximum atomic E-state index is 11.9. The average molecular weight is 289 g/mol. The molecule has 0 spiro atoms. The molecule has 4 nitrogen and oxygen atoms in total. The van der Waals surface area contributed by atoms with Gasteiger partial charge in [0.1, 0.15) is 0 Å². The molecule has 0 radical (unpaired) electrons. The molecule has 0 bridgehead atoms. The summed E-state index contributed by atoms with van der Waals surface area (Å²) in [4.78, 5) is 11.9. The van der Waals surface area contributed by atoms with E-state index < -0.39 is 0 Å². The second-order valence-corrected chi connectivity index (χ2v) is 5.96. The SMILES string of the molecule is CCCCCCCC(N)c1ccc2c(c1)n(C)c(=O)n2C. The first-order valence-corrected chi connectivity index (χ1v) is 7.97. The zero-order valence-electron chi connectivity index (χ0n) is 13.4. The summed E-state index contributed by atoms with van der Waals surface area (Å²) in [5, 5.41) is 0. The average Bonchev–Trinajstić information content (AvgIpc) is 2.71. The number of unbranched alkanes of at least 4 members (excludes halogenated alkanes) is 4. The monoisotopic (exact) mass is 289 g/mol. The number of nitrogens with zero attached hydrogens (tertiary/aromatic N) is 2. The minimum Gasteiger partial charge on any atom is -0.324 e. The zero-order chi connectivity index (χ0) is 15.4. The summed E-state index contributed by atoms with van der Waals surface area (Å²) in [6, 6.07) is 6.18. The van der Waals surface area contributed by atoms with Gasteiger partial charge in [-0.25, -0.2) is 4.79 Å². The fourth-order valence-corrected chi connectivity index (χ4v) is 2.89. The Bertz CT molecular complexity index is 654. The van der Waals surface area contributed by atoms with Gasteiger partial charge in [-0.15, -0.1) is 0 Å². The van der Waals surface area contributed by atoms with E-state index >= 15 is 0 Å². The normalized spacial score (nSPS) is 13.0. The second-order valence-electron chi connectivity index (χ2n) is 5.96. The molecular weight excluding hydrogens is 262 g/mol. The van der Waals surface area contributed by atoms with Crippen molar-refractivity contribution in [3.05, 3.63) is 34.2 Å². The number of aryl methyl sites for hydroxylation is 2. The van der Waals surface area contributed by atoms with E-state index in [-0.39, 0.29) is 11.7 Å². The molecule has 1 heterocycles. The van der Waals surface area contributed by atoms with Gasteiger partial charge < -0.3 is 5.73 Å². The Morgan fingerprint density at radius 3 is 2.43 bits per heavy atom. The molecule has 0 saturated carbocycles.